The Hall–Kier alpha value is -2.04. The van der Waals surface area contributed by atoms with Crippen LogP contribution in [0.3, 0.4) is 0 Å². The molecule has 0 atom stereocenters. The lowest BCUT2D eigenvalue weighted by molar-refractivity contribution is -0.139. The number of aliphatic carboxylic acids is 1. The van der Waals surface area contributed by atoms with Crippen LogP contribution < -0.4 is 10.1 Å². The Morgan fingerprint density at radius 1 is 1.13 bits per heavy atom. The minimum atomic E-state index is -0.907. The zero-order valence-electron chi connectivity index (χ0n) is 14.8. The van der Waals surface area contributed by atoms with Crippen LogP contribution in [0, 0.1) is 5.41 Å². The number of hydrogen-bond acceptors (Lipinski definition) is 3. The molecule has 1 amide bonds. The van der Waals surface area contributed by atoms with Gasteiger partial charge in [-0.25, -0.2) is 0 Å². The third kappa shape index (κ3) is 5.93. The number of methoxy groups -OCH3 is 1. The fourth-order valence-electron chi connectivity index (χ4n) is 2.37. The van der Waals surface area contributed by atoms with Crippen molar-refractivity contribution in [3.63, 3.8) is 0 Å². The summed E-state index contributed by atoms with van der Waals surface area (Å²) in [5.74, 6) is -0.543. The Labute approximate surface area is 138 Å². The van der Waals surface area contributed by atoms with Crippen LogP contribution >= 0.6 is 0 Å². The van der Waals surface area contributed by atoms with Crippen LogP contribution in [0.15, 0.2) is 18.2 Å². The van der Waals surface area contributed by atoms with Crippen LogP contribution in [0.1, 0.15) is 53.0 Å². The van der Waals surface area contributed by atoms with Gasteiger partial charge in [0, 0.05) is 6.42 Å². The Morgan fingerprint density at radius 3 is 2.22 bits per heavy atom. The molecule has 2 N–H and O–H groups in total. The van der Waals surface area contributed by atoms with Crippen molar-refractivity contribution in [3.05, 3.63) is 23.8 Å². The molecule has 0 spiro atoms. The Kier molecular flexibility index (Phi) is 5.81. The number of carboxylic acid groups (broad SMARTS) is 1. The van der Waals surface area contributed by atoms with E-state index < -0.39 is 11.4 Å². The molecular weight excluding hydrogens is 294 g/mol. The van der Waals surface area contributed by atoms with Crippen molar-refractivity contribution in [2.75, 3.05) is 12.4 Å². The van der Waals surface area contributed by atoms with E-state index in [1.165, 1.54) is 0 Å². The zero-order valence-corrected chi connectivity index (χ0v) is 14.8. The van der Waals surface area contributed by atoms with Gasteiger partial charge in [-0.3, -0.25) is 9.59 Å². The lowest BCUT2D eigenvalue weighted by atomic mass is 9.85. The number of rotatable bonds is 6. The van der Waals surface area contributed by atoms with Crippen LogP contribution in [0.2, 0.25) is 0 Å². The molecule has 5 nitrogen and oxygen atoms in total. The summed E-state index contributed by atoms with van der Waals surface area (Å²) < 4.78 is 5.30. The van der Waals surface area contributed by atoms with Gasteiger partial charge in [-0.15, -0.1) is 0 Å². The van der Waals surface area contributed by atoms with E-state index in [9.17, 15) is 9.59 Å². The molecule has 1 aromatic carbocycles. The minimum Gasteiger partial charge on any atom is -0.495 e. The summed E-state index contributed by atoms with van der Waals surface area (Å²) in [6.45, 7) is 9.82. The first kappa shape index (κ1) is 19.0. The second-order valence-electron chi connectivity index (χ2n) is 7.62. The molecule has 0 unspecified atom stereocenters. The van der Waals surface area contributed by atoms with E-state index >= 15 is 0 Å². The summed E-state index contributed by atoms with van der Waals surface area (Å²) in [5.41, 5.74) is 1.04. The summed E-state index contributed by atoms with van der Waals surface area (Å²) >= 11 is 0. The van der Waals surface area contributed by atoms with E-state index in [-0.39, 0.29) is 24.2 Å². The third-order valence-corrected chi connectivity index (χ3v) is 3.61. The maximum Gasteiger partial charge on any atom is 0.303 e. The van der Waals surface area contributed by atoms with E-state index in [2.05, 4.69) is 26.1 Å². The summed E-state index contributed by atoms with van der Waals surface area (Å²) in [4.78, 5) is 23.1. The van der Waals surface area contributed by atoms with Gasteiger partial charge >= 0.3 is 5.97 Å². The number of hydrogen-bond donors (Lipinski definition) is 2. The summed E-state index contributed by atoms with van der Waals surface area (Å²) in [7, 11) is 1.55. The Bertz CT molecular complexity index is 585. The van der Waals surface area contributed by atoms with Gasteiger partial charge in [0.25, 0.3) is 0 Å². The van der Waals surface area contributed by atoms with Gasteiger partial charge in [0.05, 0.1) is 19.2 Å². The molecule has 23 heavy (non-hydrogen) atoms. The van der Waals surface area contributed by atoms with Crippen LogP contribution in [-0.4, -0.2) is 24.1 Å². The summed E-state index contributed by atoms with van der Waals surface area (Å²) in [5, 5.41) is 11.8. The highest BCUT2D eigenvalue weighted by molar-refractivity contribution is 5.93. The lowest BCUT2D eigenvalue weighted by Gasteiger charge is -2.23. The van der Waals surface area contributed by atoms with Crippen molar-refractivity contribution in [1.82, 2.24) is 0 Å². The molecule has 0 aliphatic carbocycles. The topological polar surface area (TPSA) is 75.6 Å². The number of carbonyl (C=O) groups excluding carboxylic acids is 1. The molecule has 0 bridgehead atoms. The van der Waals surface area contributed by atoms with Crippen molar-refractivity contribution in [2.24, 2.45) is 5.41 Å². The zero-order chi connectivity index (χ0) is 17.8. The summed E-state index contributed by atoms with van der Waals surface area (Å²) in [6, 6.07) is 5.71. The van der Waals surface area contributed by atoms with Crippen LogP contribution in [0.4, 0.5) is 5.69 Å². The molecule has 0 saturated heterocycles. The van der Waals surface area contributed by atoms with Crippen LogP contribution in [-0.2, 0) is 15.0 Å². The Balaban J connectivity index is 2.94. The lowest BCUT2D eigenvalue weighted by Crippen LogP contribution is -2.25. The first-order chi connectivity index (χ1) is 10.4. The number of nitrogens with one attached hydrogen (secondary N) is 1. The van der Waals surface area contributed by atoms with Crippen molar-refractivity contribution >= 4 is 17.6 Å². The summed E-state index contributed by atoms with van der Waals surface area (Å²) in [6.07, 6.45) is 0.0712. The predicted octanol–water partition coefficient (Wildman–Crippen LogP) is 3.82. The molecule has 0 heterocycles. The second kappa shape index (κ2) is 7.02. The normalized spacial score (nSPS) is 11.9. The molecule has 0 aliphatic heterocycles. The molecule has 1 rings (SSSR count). The first-order valence-corrected chi connectivity index (χ1v) is 7.65. The molecule has 1 aromatic rings. The highest BCUT2D eigenvalue weighted by atomic mass is 16.5. The van der Waals surface area contributed by atoms with Gasteiger partial charge in [0.2, 0.25) is 5.91 Å². The van der Waals surface area contributed by atoms with E-state index in [4.69, 9.17) is 9.84 Å². The number of carbonyl (C=O) groups is 2. The van der Waals surface area contributed by atoms with Gasteiger partial charge in [0.15, 0.2) is 0 Å². The van der Waals surface area contributed by atoms with E-state index in [1.54, 1.807) is 21.0 Å². The predicted molar refractivity (Wildman–Crippen MR) is 91.0 cm³/mol. The molecule has 0 radical (unpaired) electrons. The number of carboxylic acids is 1. The van der Waals surface area contributed by atoms with E-state index in [0.717, 1.165) is 5.56 Å². The van der Waals surface area contributed by atoms with Crippen molar-refractivity contribution in [2.45, 2.75) is 52.9 Å². The maximum atomic E-state index is 12.3. The van der Waals surface area contributed by atoms with Crippen molar-refractivity contribution < 1.29 is 19.4 Å². The van der Waals surface area contributed by atoms with Gasteiger partial charge in [-0.2, -0.15) is 0 Å². The quantitative estimate of drug-likeness (QED) is 0.835. The fourth-order valence-corrected chi connectivity index (χ4v) is 2.37. The number of ether oxygens (including phenoxy) is 1. The monoisotopic (exact) mass is 321 g/mol. The standard InChI is InChI=1S/C18H27NO4/c1-17(2,3)12-7-8-14(23-6)13(9-12)19-15(20)10-18(4,5)11-16(21)22/h7-9H,10-11H2,1-6H3,(H,19,20)(H,21,22). The minimum absolute atomic E-state index is 0.0473. The molecule has 0 fully saturated rings. The molecule has 0 aliphatic rings. The molecule has 128 valence electrons. The highest BCUT2D eigenvalue weighted by Gasteiger charge is 2.26. The maximum absolute atomic E-state index is 12.3. The van der Waals surface area contributed by atoms with Crippen LogP contribution in [0.5, 0.6) is 5.75 Å². The fraction of sp³-hybridized carbons (Fsp3) is 0.556. The van der Waals surface area contributed by atoms with Gasteiger partial charge in [-0.05, 0) is 28.5 Å². The largest absolute Gasteiger partial charge is 0.495 e. The van der Waals surface area contributed by atoms with E-state index in [1.807, 2.05) is 18.2 Å². The van der Waals surface area contributed by atoms with Crippen molar-refractivity contribution in [1.29, 1.82) is 0 Å². The van der Waals surface area contributed by atoms with Crippen LogP contribution in [0.25, 0.3) is 0 Å². The number of amides is 1. The Morgan fingerprint density at radius 2 is 1.74 bits per heavy atom. The second-order valence-corrected chi connectivity index (χ2v) is 7.62. The average molecular weight is 321 g/mol. The molecule has 0 aromatic heterocycles. The van der Waals surface area contributed by atoms with Gasteiger partial charge in [-0.1, -0.05) is 40.7 Å². The van der Waals surface area contributed by atoms with Gasteiger partial charge in [0.1, 0.15) is 5.75 Å². The third-order valence-electron chi connectivity index (χ3n) is 3.61. The SMILES string of the molecule is COc1ccc(C(C)(C)C)cc1NC(=O)CC(C)(C)CC(=O)O. The van der Waals surface area contributed by atoms with Crippen molar-refractivity contribution in [3.8, 4) is 5.75 Å². The molecule has 5 heteroatoms. The first-order valence-electron chi connectivity index (χ1n) is 7.65. The number of anilines is 1. The molecular formula is C18H27NO4. The average Bonchev–Trinajstić information content (AvgIpc) is 2.34. The number of benzene rings is 1. The highest BCUT2D eigenvalue weighted by Crippen LogP contribution is 2.32. The van der Waals surface area contributed by atoms with Gasteiger partial charge < -0.3 is 15.2 Å². The van der Waals surface area contributed by atoms with E-state index in [0.29, 0.717) is 11.4 Å². The smallest absolute Gasteiger partial charge is 0.303 e. The molecule has 0 saturated carbocycles.